The third kappa shape index (κ3) is 5.19. The summed E-state index contributed by atoms with van der Waals surface area (Å²) < 4.78 is 0. The van der Waals surface area contributed by atoms with Gasteiger partial charge in [0.1, 0.15) is 0 Å². The van der Waals surface area contributed by atoms with Crippen molar-refractivity contribution in [2.45, 2.75) is 32.2 Å². The van der Waals surface area contributed by atoms with Crippen LogP contribution in [0.15, 0.2) is 24.3 Å². The average molecular weight is 298 g/mol. The Morgan fingerprint density at radius 1 is 1.30 bits per heavy atom. The molecule has 6 heteroatoms. The number of benzene rings is 1. The second-order valence-electron chi connectivity index (χ2n) is 4.81. The predicted octanol–water partition coefficient (Wildman–Crippen LogP) is 2.15. The minimum absolute atomic E-state index is 0. The molecule has 1 aliphatic heterocycles. The monoisotopic (exact) mass is 297 g/mol. The standard InChI is InChI=1S/C14H19N3O2.ClH/c1-10(18)16-12-4-2-5-13(8-12)17-14(19)9-11-6-3-7-15-11;/h2,4-5,8,11,15H,3,6-7,9H2,1H3,(H,16,18)(H,17,19);1H. The summed E-state index contributed by atoms with van der Waals surface area (Å²) in [6.07, 6.45) is 2.68. The molecule has 1 aliphatic rings. The molecule has 3 N–H and O–H groups in total. The van der Waals surface area contributed by atoms with Crippen LogP contribution in [0.1, 0.15) is 26.2 Å². The van der Waals surface area contributed by atoms with Gasteiger partial charge < -0.3 is 16.0 Å². The highest BCUT2D eigenvalue weighted by atomic mass is 35.5. The first-order valence-electron chi connectivity index (χ1n) is 6.54. The maximum atomic E-state index is 11.9. The number of carbonyl (C=O) groups is 2. The summed E-state index contributed by atoms with van der Waals surface area (Å²) in [5.74, 6) is -0.127. The number of halogens is 1. The highest BCUT2D eigenvalue weighted by Gasteiger charge is 2.17. The quantitative estimate of drug-likeness (QED) is 0.797. The van der Waals surface area contributed by atoms with Crippen LogP contribution >= 0.6 is 12.4 Å². The van der Waals surface area contributed by atoms with Crippen molar-refractivity contribution in [2.24, 2.45) is 0 Å². The van der Waals surface area contributed by atoms with E-state index in [1.807, 2.05) is 6.07 Å². The Balaban J connectivity index is 0.00000200. The smallest absolute Gasteiger partial charge is 0.225 e. The molecule has 0 saturated carbocycles. The van der Waals surface area contributed by atoms with Gasteiger partial charge in [0.25, 0.3) is 0 Å². The van der Waals surface area contributed by atoms with Gasteiger partial charge in [0.05, 0.1) is 0 Å². The molecule has 1 aromatic rings. The molecule has 1 unspecified atom stereocenters. The minimum Gasteiger partial charge on any atom is -0.326 e. The van der Waals surface area contributed by atoms with Gasteiger partial charge in [-0.2, -0.15) is 0 Å². The molecule has 0 aliphatic carbocycles. The van der Waals surface area contributed by atoms with E-state index >= 15 is 0 Å². The van der Waals surface area contributed by atoms with E-state index in [9.17, 15) is 9.59 Å². The third-order valence-corrected chi connectivity index (χ3v) is 3.06. The zero-order valence-corrected chi connectivity index (χ0v) is 12.3. The topological polar surface area (TPSA) is 70.2 Å². The molecule has 0 radical (unpaired) electrons. The summed E-state index contributed by atoms with van der Waals surface area (Å²) in [5, 5.41) is 8.83. The van der Waals surface area contributed by atoms with Gasteiger partial charge in [-0.15, -0.1) is 12.4 Å². The Labute approximate surface area is 124 Å². The highest BCUT2D eigenvalue weighted by molar-refractivity contribution is 5.93. The Hall–Kier alpha value is -1.59. The molecule has 2 rings (SSSR count). The fraction of sp³-hybridized carbons (Fsp3) is 0.429. The lowest BCUT2D eigenvalue weighted by Gasteiger charge is -2.11. The Morgan fingerprint density at radius 2 is 2.00 bits per heavy atom. The van der Waals surface area contributed by atoms with E-state index in [-0.39, 0.29) is 24.2 Å². The van der Waals surface area contributed by atoms with E-state index in [0.29, 0.717) is 23.8 Å². The van der Waals surface area contributed by atoms with Crippen LogP contribution in [-0.4, -0.2) is 24.4 Å². The largest absolute Gasteiger partial charge is 0.326 e. The van der Waals surface area contributed by atoms with Gasteiger partial charge in [0.2, 0.25) is 11.8 Å². The number of nitrogens with one attached hydrogen (secondary N) is 3. The molecule has 0 spiro atoms. The van der Waals surface area contributed by atoms with E-state index in [1.165, 1.54) is 6.92 Å². The second kappa shape index (κ2) is 7.87. The molecule has 0 aromatic heterocycles. The van der Waals surface area contributed by atoms with Gasteiger partial charge >= 0.3 is 0 Å². The SMILES string of the molecule is CC(=O)Nc1cccc(NC(=O)CC2CCCN2)c1.Cl. The lowest BCUT2D eigenvalue weighted by Crippen LogP contribution is -2.27. The summed E-state index contributed by atoms with van der Waals surface area (Å²) in [7, 11) is 0. The Bertz CT molecular complexity index is 473. The molecule has 2 amide bonds. The molecule has 20 heavy (non-hydrogen) atoms. The van der Waals surface area contributed by atoms with Gasteiger partial charge in [-0.05, 0) is 37.6 Å². The summed E-state index contributed by atoms with van der Waals surface area (Å²) in [4.78, 5) is 22.8. The molecule has 1 heterocycles. The zero-order valence-electron chi connectivity index (χ0n) is 11.4. The van der Waals surface area contributed by atoms with Crippen molar-refractivity contribution in [3.8, 4) is 0 Å². The van der Waals surface area contributed by atoms with Crippen molar-refractivity contribution >= 4 is 35.6 Å². The fourth-order valence-electron chi connectivity index (χ4n) is 2.24. The van der Waals surface area contributed by atoms with Crippen molar-refractivity contribution in [3.63, 3.8) is 0 Å². The maximum Gasteiger partial charge on any atom is 0.225 e. The van der Waals surface area contributed by atoms with Crippen LogP contribution in [0, 0.1) is 0 Å². The number of hydrogen-bond acceptors (Lipinski definition) is 3. The van der Waals surface area contributed by atoms with Crippen molar-refractivity contribution in [2.75, 3.05) is 17.2 Å². The number of amides is 2. The van der Waals surface area contributed by atoms with Crippen LogP contribution in [0.5, 0.6) is 0 Å². The highest BCUT2D eigenvalue weighted by Crippen LogP contribution is 2.16. The van der Waals surface area contributed by atoms with E-state index in [4.69, 9.17) is 0 Å². The van der Waals surface area contributed by atoms with E-state index in [1.54, 1.807) is 18.2 Å². The molecule has 1 fully saturated rings. The van der Waals surface area contributed by atoms with Gasteiger partial charge in [-0.25, -0.2) is 0 Å². The van der Waals surface area contributed by atoms with Crippen LogP contribution < -0.4 is 16.0 Å². The van der Waals surface area contributed by atoms with Gasteiger partial charge in [0.15, 0.2) is 0 Å². The molecule has 1 atom stereocenters. The fourth-order valence-corrected chi connectivity index (χ4v) is 2.24. The average Bonchev–Trinajstić information content (AvgIpc) is 2.81. The molecular weight excluding hydrogens is 278 g/mol. The van der Waals surface area contributed by atoms with Crippen LogP contribution in [0.2, 0.25) is 0 Å². The summed E-state index contributed by atoms with van der Waals surface area (Å²) in [5.41, 5.74) is 1.39. The Kier molecular flexibility index (Phi) is 6.48. The molecule has 5 nitrogen and oxygen atoms in total. The van der Waals surface area contributed by atoms with Gasteiger partial charge in [0, 0.05) is 30.8 Å². The predicted molar refractivity (Wildman–Crippen MR) is 82.3 cm³/mol. The molecule has 110 valence electrons. The van der Waals surface area contributed by atoms with Crippen LogP contribution in [0.3, 0.4) is 0 Å². The van der Waals surface area contributed by atoms with Crippen LogP contribution in [0.4, 0.5) is 11.4 Å². The number of carbonyl (C=O) groups excluding carboxylic acids is 2. The second-order valence-corrected chi connectivity index (χ2v) is 4.81. The molecule has 1 aromatic carbocycles. The lowest BCUT2D eigenvalue weighted by molar-refractivity contribution is -0.116. The first-order valence-corrected chi connectivity index (χ1v) is 6.54. The van der Waals surface area contributed by atoms with E-state index in [0.717, 1.165) is 19.4 Å². The number of anilines is 2. The minimum atomic E-state index is -0.126. The van der Waals surface area contributed by atoms with Crippen molar-refractivity contribution in [3.05, 3.63) is 24.3 Å². The maximum absolute atomic E-state index is 11.9. The van der Waals surface area contributed by atoms with Crippen molar-refractivity contribution < 1.29 is 9.59 Å². The molecular formula is C14H20ClN3O2. The van der Waals surface area contributed by atoms with E-state index < -0.39 is 0 Å². The zero-order chi connectivity index (χ0) is 13.7. The van der Waals surface area contributed by atoms with Gasteiger partial charge in [-0.1, -0.05) is 6.07 Å². The first-order chi connectivity index (χ1) is 9.13. The van der Waals surface area contributed by atoms with Crippen LogP contribution in [0.25, 0.3) is 0 Å². The summed E-state index contributed by atoms with van der Waals surface area (Å²) in [6.45, 7) is 2.45. The van der Waals surface area contributed by atoms with Crippen molar-refractivity contribution in [1.29, 1.82) is 0 Å². The van der Waals surface area contributed by atoms with E-state index in [2.05, 4.69) is 16.0 Å². The van der Waals surface area contributed by atoms with Crippen LogP contribution in [-0.2, 0) is 9.59 Å². The third-order valence-electron chi connectivity index (χ3n) is 3.06. The normalized spacial score (nSPS) is 17.1. The number of rotatable bonds is 4. The number of hydrogen-bond donors (Lipinski definition) is 3. The first kappa shape index (κ1) is 16.5. The van der Waals surface area contributed by atoms with Gasteiger partial charge in [-0.3, -0.25) is 9.59 Å². The summed E-state index contributed by atoms with van der Waals surface area (Å²) in [6, 6.07) is 7.44. The molecule has 1 saturated heterocycles. The lowest BCUT2D eigenvalue weighted by atomic mass is 10.1. The van der Waals surface area contributed by atoms with Crippen molar-refractivity contribution in [1.82, 2.24) is 5.32 Å². The summed E-state index contributed by atoms with van der Waals surface area (Å²) >= 11 is 0. The Morgan fingerprint density at radius 3 is 2.60 bits per heavy atom. The molecule has 0 bridgehead atoms.